The molecule has 0 spiro atoms. The molecule has 2 heterocycles. The SMILES string of the molecule is N#Cc1cc(N)cnc1OCc1ccco1. The predicted molar refractivity (Wildman–Crippen MR) is 56.4 cm³/mol. The van der Waals surface area contributed by atoms with Crippen LogP contribution in [0.1, 0.15) is 11.3 Å². The molecule has 5 nitrogen and oxygen atoms in total. The fraction of sp³-hybridized carbons (Fsp3) is 0.0909. The Morgan fingerprint density at radius 1 is 1.56 bits per heavy atom. The Labute approximate surface area is 92.1 Å². The summed E-state index contributed by atoms with van der Waals surface area (Å²) in [5.74, 6) is 0.926. The molecule has 80 valence electrons. The number of rotatable bonds is 3. The van der Waals surface area contributed by atoms with Crippen molar-refractivity contribution in [1.29, 1.82) is 5.26 Å². The lowest BCUT2D eigenvalue weighted by molar-refractivity contribution is 0.260. The van der Waals surface area contributed by atoms with Gasteiger partial charge < -0.3 is 14.9 Å². The fourth-order valence-electron chi connectivity index (χ4n) is 1.20. The first-order valence-corrected chi connectivity index (χ1v) is 4.60. The van der Waals surface area contributed by atoms with E-state index in [1.165, 1.54) is 12.3 Å². The third-order valence-electron chi connectivity index (χ3n) is 1.92. The number of aromatic nitrogens is 1. The molecule has 0 atom stereocenters. The third kappa shape index (κ3) is 2.12. The van der Waals surface area contributed by atoms with Gasteiger partial charge in [-0.15, -0.1) is 0 Å². The van der Waals surface area contributed by atoms with E-state index < -0.39 is 0 Å². The molecule has 0 unspecified atom stereocenters. The summed E-state index contributed by atoms with van der Waals surface area (Å²) in [5, 5.41) is 8.85. The van der Waals surface area contributed by atoms with Gasteiger partial charge in [0.15, 0.2) is 0 Å². The van der Waals surface area contributed by atoms with Gasteiger partial charge in [0.05, 0.1) is 18.1 Å². The van der Waals surface area contributed by atoms with E-state index >= 15 is 0 Å². The molecule has 0 saturated carbocycles. The summed E-state index contributed by atoms with van der Waals surface area (Å²) in [6.07, 6.45) is 3.00. The maximum absolute atomic E-state index is 8.85. The Balaban J connectivity index is 2.13. The van der Waals surface area contributed by atoms with Crippen molar-refractivity contribution >= 4 is 5.69 Å². The van der Waals surface area contributed by atoms with Crippen LogP contribution in [0.25, 0.3) is 0 Å². The average molecular weight is 215 g/mol. The van der Waals surface area contributed by atoms with E-state index in [0.29, 0.717) is 17.0 Å². The van der Waals surface area contributed by atoms with Crippen molar-refractivity contribution in [3.05, 3.63) is 42.0 Å². The highest BCUT2D eigenvalue weighted by Crippen LogP contribution is 2.17. The Morgan fingerprint density at radius 3 is 3.12 bits per heavy atom. The Bertz CT molecular complexity index is 515. The number of ether oxygens (including phenoxy) is 1. The number of furan rings is 1. The van der Waals surface area contributed by atoms with Crippen LogP contribution < -0.4 is 10.5 Å². The second kappa shape index (κ2) is 4.36. The average Bonchev–Trinajstić information content (AvgIpc) is 2.80. The van der Waals surface area contributed by atoms with Crippen molar-refractivity contribution in [1.82, 2.24) is 4.98 Å². The normalized spacial score (nSPS) is 9.69. The van der Waals surface area contributed by atoms with Gasteiger partial charge in [-0.05, 0) is 18.2 Å². The standard InChI is InChI=1S/C11H9N3O2/c12-5-8-4-9(13)6-14-11(8)16-7-10-2-1-3-15-10/h1-4,6H,7,13H2. The highest BCUT2D eigenvalue weighted by Gasteiger charge is 2.06. The van der Waals surface area contributed by atoms with E-state index in [4.69, 9.17) is 20.1 Å². The number of nitriles is 1. The van der Waals surface area contributed by atoms with Crippen LogP contribution in [0.4, 0.5) is 5.69 Å². The van der Waals surface area contributed by atoms with Crippen LogP contribution in [-0.2, 0) is 6.61 Å². The van der Waals surface area contributed by atoms with Gasteiger partial charge in [0, 0.05) is 0 Å². The second-order valence-corrected chi connectivity index (χ2v) is 3.10. The zero-order chi connectivity index (χ0) is 11.4. The van der Waals surface area contributed by atoms with Gasteiger partial charge in [0.2, 0.25) is 5.88 Å². The Hall–Kier alpha value is -2.48. The van der Waals surface area contributed by atoms with Gasteiger partial charge in [-0.3, -0.25) is 0 Å². The van der Waals surface area contributed by atoms with Crippen LogP contribution in [-0.4, -0.2) is 4.98 Å². The number of nitrogens with two attached hydrogens (primary N) is 1. The van der Waals surface area contributed by atoms with E-state index in [1.807, 2.05) is 6.07 Å². The third-order valence-corrected chi connectivity index (χ3v) is 1.92. The largest absolute Gasteiger partial charge is 0.469 e. The lowest BCUT2D eigenvalue weighted by Crippen LogP contribution is -1.99. The van der Waals surface area contributed by atoms with Crippen molar-refractivity contribution in [3.63, 3.8) is 0 Å². The summed E-state index contributed by atoms with van der Waals surface area (Å²) < 4.78 is 10.4. The molecule has 0 bridgehead atoms. The molecule has 0 amide bonds. The number of pyridine rings is 1. The van der Waals surface area contributed by atoms with Crippen molar-refractivity contribution in [3.8, 4) is 11.9 Å². The zero-order valence-electron chi connectivity index (χ0n) is 8.38. The van der Waals surface area contributed by atoms with Gasteiger partial charge in [0.1, 0.15) is 24.0 Å². The zero-order valence-corrected chi connectivity index (χ0v) is 8.38. The number of anilines is 1. The van der Waals surface area contributed by atoms with Crippen LogP contribution >= 0.6 is 0 Å². The quantitative estimate of drug-likeness (QED) is 0.842. The molecule has 0 aromatic carbocycles. The van der Waals surface area contributed by atoms with E-state index in [2.05, 4.69) is 4.98 Å². The summed E-state index contributed by atoms with van der Waals surface area (Å²) in [6.45, 7) is 0.235. The van der Waals surface area contributed by atoms with E-state index in [0.717, 1.165) is 0 Å². The number of nitrogen functional groups attached to an aromatic ring is 1. The number of hydrogen-bond donors (Lipinski definition) is 1. The van der Waals surface area contributed by atoms with Gasteiger partial charge in [-0.2, -0.15) is 5.26 Å². The smallest absolute Gasteiger partial charge is 0.232 e. The fourth-order valence-corrected chi connectivity index (χ4v) is 1.20. The Morgan fingerprint density at radius 2 is 2.44 bits per heavy atom. The summed E-state index contributed by atoms with van der Waals surface area (Å²) in [5.41, 5.74) is 6.25. The topological polar surface area (TPSA) is 85.1 Å². The Kier molecular flexibility index (Phi) is 2.74. The van der Waals surface area contributed by atoms with Gasteiger partial charge in [-0.1, -0.05) is 0 Å². The number of hydrogen-bond acceptors (Lipinski definition) is 5. The van der Waals surface area contributed by atoms with Gasteiger partial charge >= 0.3 is 0 Å². The van der Waals surface area contributed by atoms with Gasteiger partial charge in [0.25, 0.3) is 0 Å². The molecule has 0 aliphatic rings. The molecule has 2 aromatic heterocycles. The molecule has 0 aliphatic heterocycles. The van der Waals surface area contributed by atoms with E-state index in [-0.39, 0.29) is 12.5 Å². The minimum Gasteiger partial charge on any atom is -0.469 e. The molecule has 0 fully saturated rings. The van der Waals surface area contributed by atoms with Gasteiger partial charge in [-0.25, -0.2) is 4.98 Å². The molecule has 16 heavy (non-hydrogen) atoms. The molecule has 2 N–H and O–H groups in total. The van der Waals surface area contributed by atoms with Crippen LogP contribution in [0, 0.1) is 11.3 Å². The predicted octanol–water partition coefficient (Wildman–Crippen LogP) is 1.71. The minimum atomic E-state index is 0.235. The molecule has 2 rings (SSSR count). The molecule has 2 aromatic rings. The summed E-state index contributed by atoms with van der Waals surface area (Å²) in [6, 6.07) is 7.03. The van der Waals surface area contributed by atoms with E-state index in [9.17, 15) is 0 Å². The molecule has 0 aliphatic carbocycles. The van der Waals surface area contributed by atoms with E-state index in [1.54, 1.807) is 18.4 Å². The van der Waals surface area contributed by atoms with Crippen LogP contribution in [0.15, 0.2) is 35.1 Å². The van der Waals surface area contributed by atoms with Crippen molar-refractivity contribution in [2.45, 2.75) is 6.61 Å². The molecular weight excluding hydrogens is 206 g/mol. The summed E-state index contributed by atoms with van der Waals surface area (Å²) in [7, 11) is 0. The van der Waals surface area contributed by atoms with Crippen LogP contribution in [0.5, 0.6) is 5.88 Å². The maximum Gasteiger partial charge on any atom is 0.232 e. The number of nitrogens with zero attached hydrogens (tertiary/aromatic N) is 2. The second-order valence-electron chi connectivity index (χ2n) is 3.10. The van der Waals surface area contributed by atoms with Crippen molar-refractivity contribution < 1.29 is 9.15 Å². The highest BCUT2D eigenvalue weighted by molar-refractivity contribution is 5.48. The minimum absolute atomic E-state index is 0.235. The highest BCUT2D eigenvalue weighted by atomic mass is 16.5. The molecular formula is C11H9N3O2. The first kappa shape index (κ1) is 10.1. The molecule has 0 saturated heterocycles. The summed E-state index contributed by atoms with van der Waals surface area (Å²) in [4.78, 5) is 3.94. The van der Waals surface area contributed by atoms with Crippen LogP contribution in [0.3, 0.4) is 0 Å². The maximum atomic E-state index is 8.85. The molecule has 0 radical (unpaired) electrons. The first-order valence-electron chi connectivity index (χ1n) is 4.60. The van der Waals surface area contributed by atoms with Crippen LogP contribution in [0.2, 0.25) is 0 Å². The monoisotopic (exact) mass is 215 g/mol. The lowest BCUT2D eigenvalue weighted by atomic mass is 10.3. The molecule has 5 heteroatoms. The lowest BCUT2D eigenvalue weighted by Gasteiger charge is -2.05. The van der Waals surface area contributed by atoms with Crippen molar-refractivity contribution in [2.75, 3.05) is 5.73 Å². The summed E-state index contributed by atoms with van der Waals surface area (Å²) >= 11 is 0. The first-order chi connectivity index (χ1) is 7.79. The van der Waals surface area contributed by atoms with Crippen molar-refractivity contribution in [2.24, 2.45) is 0 Å².